The van der Waals surface area contributed by atoms with Crippen molar-refractivity contribution < 1.29 is 4.79 Å². The molecule has 0 amide bonds. The molecule has 1 aliphatic rings. The molecule has 21 heavy (non-hydrogen) atoms. The predicted octanol–water partition coefficient (Wildman–Crippen LogP) is 4.14. The van der Waals surface area contributed by atoms with Crippen LogP contribution in [-0.4, -0.2) is 5.78 Å². The van der Waals surface area contributed by atoms with Crippen molar-refractivity contribution in [1.82, 2.24) is 0 Å². The first kappa shape index (κ1) is 12.8. The van der Waals surface area contributed by atoms with Crippen LogP contribution in [0, 0.1) is 17.9 Å². The Morgan fingerprint density at radius 1 is 1.24 bits per heavy atom. The van der Waals surface area contributed by atoms with E-state index in [1.165, 1.54) is 0 Å². The van der Waals surface area contributed by atoms with Gasteiger partial charge in [0.15, 0.2) is 5.78 Å². The second-order valence-corrected chi connectivity index (χ2v) is 4.72. The molecule has 0 saturated heterocycles. The van der Waals surface area contributed by atoms with E-state index in [-0.39, 0.29) is 11.5 Å². The number of ketones is 1. The van der Waals surface area contributed by atoms with Gasteiger partial charge in [0.05, 0.1) is 12.6 Å². The summed E-state index contributed by atoms with van der Waals surface area (Å²) in [6, 6.07) is 13.4. The van der Waals surface area contributed by atoms with Crippen molar-refractivity contribution in [3.05, 3.63) is 76.3 Å². The van der Waals surface area contributed by atoms with Gasteiger partial charge in [0.1, 0.15) is 0 Å². The van der Waals surface area contributed by atoms with Crippen LogP contribution in [0.15, 0.2) is 53.7 Å². The topological polar surface area (TPSA) is 45.2 Å². The molecule has 0 aromatic heterocycles. The molecule has 3 nitrogen and oxygen atoms in total. The number of fused-ring (bicyclic) bond motifs is 2. The molecule has 2 aromatic carbocycles. The van der Waals surface area contributed by atoms with Gasteiger partial charge in [-0.15, -0.1) is 0 Å². The second-order valence-electron chi connectivity index (χ2n) is 4.72. The Hall–Kier alpha value is -3.17. The second kappa shape index (κ2) is 4.74. The molecule has 2 aromatic rings. The van der Waals surface area contributed by atoms with Crippen molar-refractivity contribution in [3.63, 3.8) is 0 Å². The summed E-state index contributed by atoms with van der Waals surface area (Å²) in [5.41, 5.74) is 2.10. The Kier molecular flexibility index (Phi) is 2.90. The lowest BCUT2D eigenvalue weighted by Gasteiger charge is -2.04. The van der Waals surface area contributed by atoms with Gasteiger partial charge in [-0.3, -0.25) is 4.79 Å². The fraction of sp³-hybridized carbons (Fsp3) is 0.0556. The Morgan fingerprint density at radius 3 is 2.38 bits per heavy atom. The van der Waals surface area contributed by atoms with Crippen LogP contribution in [0.5, 0.6) is 0 Å². The number of carbonyl (C=O) groups excluding carboxylic acids is 1. The first-order valence-corrected chi connectivity index (χ1v) is 6.47. The Balaban J connectivity index is 2.46. The average molecular weight is 270 g/mol. The maximum absolute atomic E-state index is 12.5. The lowest BCUT2D eigenvalue weighted by atomic mass is 9.99. The number of nitriles is 1. The van der Waals surface area contributed by atoms with E-state index < -0.39 is 0 Å². The van der Waals surface area contributed by atoms with E-state index in [1.807, 2.05) is 42.5 Å². The summed E-state index contributed by atoms with van der Waals surface area (Å²) >= 11 is 0. The predicted molar refractivity (Wildman–Crippen MR) is 81.2 cm³/mol. The zero-order chi connectivity index (χ0) is 15.0. The maximum atomic E-state index is 12.5. The molecule has 0 saturated carbocycles. The van der Waals surface area contributed by atoms with Crippen molar-refractivity contribution >= 4 is 22.1 Å². The van der Waals surface area contributed by atoms with Crippen LogP contribution in [0.3, 0.4) is 0 Å². The maximum Gasteiger partial charge on any atom is 0.270 e. The van der Waals surface area contributed by atoms with Crippen LogP contribution in [0.2, 0.25) is 0 Å². The number of Topliss-reactive ketones (excluding diaryl/α,β-unsaturated/α-hetero) is 1. The molecule has 1 aliphatic carbocycles. The van der Waals surface area contributed by atoms with Crippen LogP contribution in [0.4, 0.5) is 0 Å². The first-order valence-electron chi connectivity index (χ1n) is 6.47. The van der Waals surface area contributed by atoms with Crippen LogP contribution < -0.4 is 0 Å². The van der Waals surface area contributed by atoms with Crippen molar-refractivity contribution in [2.24, 2.45) is 0 Å². The van der Waals surface area contributed by atoms with E-state index in [0.717, 1.165) is 10.8 Å². The highest BCUT2D eigenvalue weighted by Gasteiger charge is 2.31. The van der Waals surface area contributed by atoms with Crippen LogP contribution in [0.1, 0.15) is 22.8 Å². The van der Waals surface area contributed by atoms with Crippen molar-refractivity contribution in [2.45, 2.75) is 6.92 Å². The smallest absolute Gasteiger partial charge is 0.270 e. The van der Waals surface area contributed by atoms with E-state index in [4.69, 9.17) is 11.8 Å². The van der Waals surface area contributed by atoms with Crippen molar-refractivity contribution in [2.75, 3.05) is 0 Å². The highest BCUT2D eigenvalue weighted by atomic mass is 16.1. The minimum Gasteiger partial charge on any atom is -0.289 e. The molecule has 0 bridgehead atoms. The first-order chi connectivity index (χ1) is 10.2. The molecular formula is C18H10N2O. The molecular weight excluding hydrogens is 260 g/mol. The van der Waals surface area contributed by atoms with Gasteiger partial charge in [-0.05, 0) is 35.4 Å². The summed E-state index contributed by atoms with van der Waals surface area (Å²) in [6.45, 7) is 8.91. The zero-order valence-corrected chi connectivity index (χ0v) is 11.3. The average Bonchev–Trinajstić information content (AvgIpc) is 2.79. The molecule has 0 aliphatic heterocycles. The third kappa shape index (κ3) is 1.76. The number of benzene rings is 2. The molecule has 0 fully saturated rings. The van der Waals surface area contributed by atoms with E-state index in [9.17, 15) is 4.79 Å². The number of rotatable bonds is 0. The highest BCUT2D eigenvalue weighted by molar-refractivity contribution is 6.28. The third-order valence-electron chi connectivity index (χ3n) is 3.66. The highest BCUT2D eigenvalue weighted by Crippen LogP contribution is 2.40. The van der Waals surface area contributed by atoms with Crippen molar-refractivity contribution in [3.8, 4) is 6.07 Å². The quantitative estimate of drug-likeness (QED) is 0.410. The Bertz CT molecular complexity index is 918. The standard InChI is InChI=1S/C18H10N2O/c1-3-13-17(16(10-19)20-2)14-8-11-6-4-5-7-12(11)9-15(14)18(13)21/h3-9H,1H3/b13-3-,17-16?. The summed E-state index contributed by atoms with van der Waals surface area (Å²) in [4.78, 5) is 15.8. The lowest BCUT2D eigenvalue weighted by Crippen LogP contribution is -1.95. The number of nitrogens with zero attached hydrogens (tertiary/aromatic N) is 2. The molecule has 0 atom stereocenters. The van der Waals surface area contributed by atoms with Crippen LogP contribution in [-0.2, 0) is 0 Å². The number of hydrogen-bond acceptors (Lipinski definition) is 2. The lowest BCUT2D eigenvalue weighted by molar-refractivity contribution is 0.104. The Labute approximate surface area is 122 Å². The van der Waals surface area contributed by atoms with Gasteiger partial charge in [0.25, 0.3) is 5.70 Å². The van der Waals surface area contributed by atoms with E-state index in [1.54, 1.807) is 13.0 Å². The molecule has 0 unspecified atom stereocenters. The molecule has 3 rings (SSSR count). The van der Waals surface area contributed by atoms with Gasteiger partial charge < -0.3 is 0 Å². The number of hydrogen-bond donors (Lipinski definition) is 0. The fourth-order valence-corrected chi connectivity index (χ4v) is 2.71. The van der Waals surface area contributed by atoms with Crippen LogP contribution in [0.25, 0.3) is 21.2 Å². The summed E-state index contributed by atoms with van der Waals surface area (Å²) in [6.07, 6.45) is 1.67. The number of carbonyl (C=O) groups is 1. The van der Waals surface area contributed by atoms with Crippen molar-refractivity contribution in [1.29, 1.82) is 5.26 Å². The van der Waals surface area contributed by atoms with E-state index in [0.29, 0.717) is 22.3 Å². The minimum absolute atomic E-state index is 0.0366. The minimum atomic E-state index is -0.121. The van der Waals surface area contributed by atoms with Gasteiger partial charge in [-0.1, -0.05) is 30.3 Å². The largest absolute Gasteiger partial charge is 0.289 e. The number of allylic oxidation sites excluding steroid dienone is 4. The SMILES string of the molecule is [C-]#[N+]C(C#N)=C1/C(=C/C)C(=O)c2cc3ccccc3cc21. The molecule has 0 heterocycles. The molecule has 3 heteroatoms. The summed E-state index contributed by atoms with van der Waals surface area (Å²) in [5, 5.41) is 11.1. The monoisotopic (exact) mass is 270 g/mol. The van der Waals surface area contributed by atoms with Gasteiger partial charge in [0.2, 0.25) is 0 Å². The van der Waals surface area contributed by atoms with Crippen LogP contribution >= 0.6 is 0 Å². The van der Waals surface area contributed by atoms with Gasteiger partial charge in [-0.2, -0.15) is 0 Å². The third-order valence-corrected chi connectivity index (χ3v) is 3.66. The molecule has 0 N–H and O–H groups in total. The molecule has 0 radical (unpaired) electrons. The fourth-order valence-electron chi connectivity index (χ4n) is 2.71. The zero-order valence-electron chi connectivity index (χ0n) is 11.3. The van der Waals surface area contributed by atoms with Gasteiger partial charge in [-0.25, -0.2) is 10.1 Å². The summed E-state index contributed by atoms with van der Waals surface area (Å²) < 4.78 is 0. The van der Waals surface area contributed by atoms with Gasteiger partial charge in [0, 0.05) is 16.7 Å². The van der Waals surface area contributed by atoms with E-state index in [2.05, 4.69) is 4.85 Å². The Morgan fingerprint density at radius 2 is 1.86 bits per heavy atom. The summed E-state index contributed by atoms with van der Waals surface area (Å²) in [5.74, 6) is -0.121. The van der Waals surface area contributed by atoms with E-state index >= 15 is 0 Å². The summed E-state index contributed by atoms with van der Waals surface area (Å²) in [7, 11) is 0. The van der Waals surface area contributed by atoms with Gasteiger partial charge >= 0.3 is 0 Å². The molecule has 98 valence electrons. The molecule has 0 spiro atoms. The normalized spacial score (nSPS) is 17.5.